The summed E-state index contributed by atoms with van der Waals surface area (Å²) in [6, 6.07) is 0. The Morgan fingerprint density at radius 3 is 2.45 bits per heavy atom. The molecule has 2 unspecified atom stereocenters. The second kappa shape index (κ2) is 4.97. The van der Waals surface area contributed by atoms with Gasteiger partial charge < -0.3 is 0 Å². The van der Waals surface area contributed by atoms with Crippen LogP contribution < -0.4 is 5.43 Å². The van der Waals surface area contributed by atoms with Crippen molar-refractivity contribution in [1.82, 2.24) is 5.43 Å². The number of amides is 1. The molecular formula is C16H24N2O2. The number of nitrogens with zero attached hydrogens (tertiary/aromatic N) is 1. The molecule has 3 saturated carbocycles. The molecule has 0 bridgehead atoms. The summed E-state index contributed by atoms with van der Waals surface area (Å²) in [6.07, 6.45) is 6.75. The summed E-state index contributed by atoms with van der Waals surface area (Å²) in [4.78, 5) is 23.8. The number of ketones is 1. The van der Waals surface area contributed by atoms with Crippen molar-refractivity contribution in [1.29, 1.82) is 0 Å². The van der Waals surface area contributed by atoms with Crippen LogP contribution in [0.5, 0.6) is 0 Å². The zero-order chi connectivity index (χ0) is 14.3. The number of rotatable bonds is 2. The Morgan fingerprint density at radius 2 is 1.85 bits per heavy atom. The van der Waals surface area contributed by atoms with Gasteiger partial charge >= 0.3 is 0 Å². The van der Waals surface area contributed by atoms with Gasteiger partial charge in [0.1, 0.15) is 5.78 Å². The molecule has 3 aliphatic carbocycles. The fraction of sp³-hybridized carbons (Fsp3) is 0.812. The van der Waals surface area contributed by atoms with Gasteiger partial charge in [-0.2, -0.15) is 5.10 Å². The Bertz CT molecular complexity index is 455. The maximum absolute atomic E-state index is 12.2. The predicted octanol–water partition coefficient (Wildman–Crippen LogP) is 2.67. The number of hydrogen-bond donors (Lipinski definition) is 1. The second-order valence-electron chi connectivity index (χ2n) is 7.53. The zero-order valence-electron chi connectivity index (χ0n) is 12.4. The van der Waals surface area contributed by atoms with Crippen molar-refractivity contribution in [3.63, 3.8) is 0 Å². The van der Waals surface area contributed by atoms with Gasteiger partial charge in [-0.15, -0.1) is 0 Å². The first kappa shape index (κ1) is 13.8. The standard InChI is InChI=1S/C16H24N2O2/c1-16(2)8-10(7-11(19)9-16)17-18-15(20)14-12-5-3-4-6-13(12)14/h12-14H,3-9H2,1-2H3,(H,18,20)/b17-10-. The van der Waals surface area contributed by atoms with E-state index in [1.807, 2.05) is 0 Å². The van der Waals surface area contributed by atoms with E-state index in [2.05, 4.69) is 24.4 Å². The minimum Gasteiger partial charge on any atom is -0.299 e. The number of hydrazone groups is 1. The lowest BCUT2D eigenvalue weighted by atomic mass is 9.76. The molecule has 3 aliphatic rings. The van der Waals surface area contributed by atoms with E-state index in [4.69, 9.17) is 0 Å². The third-order valence-corrected chi connectivity index (χ3v) is 5.04. The van der Waals surface area contributed by atoms with Crippen LogP contribution >= 0.6 is 0 Å². The molecular weight excluding hydrogens is 252 g/mol. The van der Waals surface area contributed by atoms with Gasteiger partial charge in [-0.05, 0) is 36.5 Å². The van der Waals surface area contributed by atoms with Gasteiger partial charge in [-0.25, -0.2) is 5.43 Å². The maximum Gasteiger partial charge on any atom is 0.243 e. The SMILES string of the molecule is CC1(C)CC(=O)C/C(=N/NC(=O)C2C3CCCCC32)C1. The average molecular weight is 276 g/mol. The first-order valence-corrected chi connectivity index (χ1v) is 7.83. The first-order chi connectivity index (χ1) is 9.46. The van der Waals surface area contributed by atoms with Gasteiger partial charge in [0.05, 0.1) is 0 Å². The van der Waals surface area contributed by atoms with Crippen molar-refractivity contribution in [2.45, 2.75) is 58.8 Å². The molecule has 110 valence electrons. The van der Waals surface area contributed by atoms with Crippen LogP contribution in [0.3, 0.4) is 0 Å². The number of nitrogens with one attached hydrogen (secondary N) is 1. The van der Waals surface area contributed by atoms with E-state index in [1.54, 1.807) is 0 Å². The molecule has 4 heteroatoms. The Labute approximate surface area is 120 Å². The van der Waals surface area contributed by atoms with Gasteiger partial charge in [0.2, 0.25) is 5.91 Å². The van der Waals surface area contributed by atoms with Gasteiger partial charge in [-0.1, -0.05) is 26.7 Å². The Morgan fingerprint density at radius 1 is 1.20 bits per heavy atom. The summed E-state index contributed by atoms with van der Waals surface area (Å²) in [5, 5.41) is 4.24. The van der Waals surface area contributed by atoms with E-state index in [-0.39, 0.29) is 23.0 Å². The Hall–Kier alpha value is -1.19. The largest absolute Gasteiger partial charge is 0.299 e. The molecule has 0 saturated heterocycles. The molecule has 0 aromatic heterocycles. The fourth-order valence-electron chi connectivity index (χ4n) is 4.17. The van der Waals surface area contributed by atoms with Gasteiger partial charge in [0, 0.05) is 24.5 Å². The van der Waals surface area contributed by atoms with Gasteiger partial charge in [0.15, 0.2) is 0 Å². The third-order valence-electron chi connectivity index (χ3n) is 5.04. The predicted molar refractivity (Wildman–Crippen MR) is 77.2 cm³/mol. The van der Waals surface area contributed by atoms with E-state index in [0.29, 0.717) is 24.7 Å². The van der Waals surface area contributed by atoms with Crippen molar-refractivity contribution in [3.8, 4) is 0 Å². The zero-order valence-corrected chi connectivity index (χ0v) is 12.4. The van der Waals surface area contributed by atoms with Crippen LogP contribution in [0.25, 0.3) is 0 Å². The van der Waals surface area contributed by atoms with Crippen LogP contribution in [0.2, 0.25) is 0 Å². The summed E-state index contributed by atoms with van der Waals surface area (Å²) in [5.74, 6) is 1.70. The number of carbonyl (C=O) groups is 2. The molecule has 20 heavy (non-hydrogen) atoms. The summed E-state index contributed by atoms with van der Waals surface area (Å²) in [7, 11) is 0. The molecule has 0 heterocycles. The van der Waals surface area contributed by atoms with Crippen molar-refractivity contribution < 1.29 is 9.59 Å². The molecule has 1 amide bonds. The number of carbonyl (C=O) groups excluding carboxylic acids is 2. The van der Waals surface area contributed by atoms with E-state index >= 15 is 0 Å². The van der Waals surface area contributed by atoms with Crippen LogP contribution in [-0.4, -0.2) is 17.4 Å². The van der Waals surface area contributed by atoms with Crippen LogP contribution in [0.1, 0.15) is 58.8 Å². The molecule has 2 atom stereocenters. The molecule has 0 aliphatic heterocycles. The molecule has 0 spiro atoms. The number of fused-ring (bicyclic) bond motifs is 1. The van der Waals surface area contributed by atoms with Crippen LogP contribution in [0.4, 0.5) is 0 Å². The first-order valence-electron chi connectivity index (χ1n) is 7.83. The normalized spacial score (nSPS) is 37.4. The van der Waals surface area contributed by atoms with E-state index in [1.165, 1.54) is 25.7 Å². The van der Waals surface area contributed by atoms with Gasteiger partial charge in [-0.3, -0.25) is 9.59 Å². The van der Waals surface area contributed by atoms with E-state index in [0.717, 1.165) is 12.1 Å². The van der Waals surface area contributed by atoms with Crippen molar-refractivity contribution in [2.75, 3.05) is 0 Å². The topological polar surface area (TPSA) is 58.5 Å². The van der Waals surface area contributed by atoms with E-state index < -0.39 is 0 Å². The average Bonchev–Trinajstić information content (AvgIpc) is 3.08. The highest BCUT2D eigenvalue weighted by molar-refractivity contribution is 6.05. The van der Waals surface area contributed by atoms with Crippen molar-refractivity contribution in [2.24, 2.45) is 28.3 Å². The highest BCUT2D eigenvalue weighted by Gasteiger charge is 2.54. The molecule has 0 aromatic rings. The monoisotopic (exact) mass is 276 g/mol. The Balaban J connectivity index is 1.57. The molecule has 3 fully saturated rings. The van der Waals surface area contributed by atoms with Crippen LogP contribution in [-0.2, 0) is 9.59 Å². The number of hydrogen-bond acceptors (Lipinski definition) is 3. The molecule has 0 aromatic carbocycles. The third kappa shape index (κ3) is 2.79. The quantitative estimate of drug-likeness (QED) is 0.788. The van der Waals surface area contributed by atoms with Crippen LogP contribution in [0, 0.1) is 23.2 Å². The summed E-state index contributed by atoms with van der Waals surface area (Å²) < 4.78 is 0. The Kier molecular flexibility index (Phi) is 3.43. The highest BCUT2D eigenvalue weighted by atomic mass is 16.2. The lowest BCUT2D eigenvalue weighted by Crippen LogP contribution is -2.31. The summed E-state index contributed by atoms with van der Waals surface area (Å²) in [6.45, 7) is 4.16. The lowest BCUT2D eigenvalue weighted by Gasteiger charge is -2.29. The van der Waals surface area contributed by atoms with Gasteiger partial charge in [0.25, 0.3) is 0 Å². The minimum absolute atomic E-state index is 0.0214. The van der Waals surface area contributed by atoms with Crippen LogP contribution in [0.15, 0.2) is 5.10 Å². The van der Waals surface area contributed by atoms with Crippen molar-refractivity contribution in [3.05, 3.63) is 0 Å². The summed E-state index contributed by atoms with van der Waals surface area (Å²) in [5.41, 5.74) is 3.54. The smallest absolute Gasteiger partial charge is 0.243 e. The highest BCUT2D eigenvalue weighted by Crippen LogP contribution is 2.55. The molecule has 3 rings (SSSR count). The lowest BCUT2D eigenvalue weighted by molar-refractivity contribution is -0.123. The van der Waals surface area contributed by atoms with Crippen molar-refractivity contribution >= 4 is 17.4 Å². The molecule has 4 nitrogen and oxygen atoms in total. The molecule has 1 N–H and O–H groups in total. The van der Waals surface area contributed by atoms with E-state index in [9.17, 15) is 9.59 Å². The molecule has 0 radical (unpaired) electrons. The minimum atomic E-state index is -0.0214. The number of Topliss-reactive ketones (excluding diaryl/α,β-unsaturated/α-hetero) is 1. The maximum atomic E-state index is 12.2. The second-order valence-corrected chi connectivity index (χ2v) is 7.53. The fourth-order valence-corrected chi connectivity index (χ4v) is 4.17. The summed E-state index contributed by atoms with van der Waals surface area (Å²) >= 11 is 0.